The molecule has 6 nitrogen and oxygen atoms in total. The van der Waals surface area contributed by atoms with Crippen molar-refractivity contribution in [3.8, 4) is 5.88 Å². The summed E-state index contributed by atoms with van der Waals surface area (Å²) in [5, 5.41) is 3.02. The van der Waals surface area contributed by atoms with Crippen LogP contribution in [0.5, 0.6) is 5.88 Å². The van der Waals surface area contributed by atoms with Gasteiger partial charge in [0, 0.05) is 0 Å². The van der Waals surface area contributed by atoms with E-state index in [0.717, 1.165) is 5.56 Å². The van der Waals surface area contributed by atoms with E-state index in [9.17, 15) is 4.79 Å². The number of nitrogens with zero attached hydrogens (tertiary/aromatic N) is 2. The predicted molar refractivity (Wildman–Crippen MR) is 78.0 cm³/mol. The van der Waals surface area contributed by atoms with E-state index >= 15 is 0 Å². The second kappa shape index (κ2) is 7.23. The summed E-state index contributed by atoms with van der Waals surface area (Å²) in [6, 6.07) is 8.63. The van der Waals surface area contributed by atoms with Gasteiger partial charge in [-0.15, -0.1) is 0 Å². The Bertz CT molecular complexity index is 590. The van der Waals surface area contributed by atoms with Gasteiger partial charge < -0.3 is 14.8 Å². The zero-order chi connectivity index (χ0) is 15.1. The molecule has 0 aliphatic carbocycles. The third-order valence-electron chi connectivity index (χ3n) is 2.77. The average molecular weight is 287 g/mol. The molecule has 1 heterocycles. The highest BCUT2D eigenvalue weighted by atomic mass is 16.5. The summed E-state index contributed by atoms with van der Waals surface area (Å²) >= 11 is 0. The molecular weight excluding hydrogens is 270 g/mol. The second-order valence-electron chi connectivity index (χ2n) is 4.19. The Morgan fingerprint density at radius 2 is 2.05 bits per heavy atom. The Morgan fingerprint density at radius 3 is 2.71 bits per heavy atom. The van der Waals surface area contributed by atoms with Gasteiger partial charge in [0.2, 0.25) is 5.88 Å². The van der Waals surface area contributed by atoms with Gasteiger partial charge in [-0.3, -0.25) is 4.98 Å². The number of hydrogen-bond acceptors (Lipinski definition) is 6. The number of benzene rings is 1. The van der Waals surface area contributed by atoms with Crippen molar-refractivity contribution in [3.63, 3.8) is 0 Å². The van der Waals surface area contributed by atoms with Gasteiger partial charge in [-0.05, 0) is 12.5 Å². The standard InChI is InChI=1S/C15H17N3O3/c1-3-21-13-10-16-9-12(17-13)18-14(15(19)20-2)11-7-5-4-6-8-11/h4-10,14H,3H2,1-2H3,(H,17,18). The van der Waals surface area contributed by atoms with Gasteiger partial charge in [-0.25, -0.2) is 4.79 Å². The highest BCUT2D eigenvalue weighted by Gasteiger charge is 2.21. The van der Waals surface area contributed by atoms with Crippen molar-refractivity contribution in [1.29, 1.82) is 0 Å². The largest absolute Gasteiger partial charge is 0.477 e. The predicted octanol–water partition coefficient (Wildman–Crippen LogP) is 2.20. The molecule has 0 amide bonds. The minimum Gasteiger partial charge on any atom is -0.477 e. The number of ether oxygens (including phenoxy) is 2. The van der Waals surface area contributed by atoms with E-state index in [-0.39, 0.29) is 0 Å². The summed E-state index contributed by atoms with van der Waals surface area (Å²) in [5.41, 5.74) is 0.785. The quantitative estimate of drug-likeness (QED) is 0.821. The summed E-state index contributed by atoms with van der Waals surface area (Å²) in [6.45, 7) is 2.36. The summed E-state index contributed by atoms with van der Waals surface area (Å²) < 4.78 is 10.1. The molecule has 1 N–H and O–H groups in total. The number of aromatic nitrogens is 2. The van der Waals surface area contributed by atoms with Crippen molar-refractivity contribution in [2.75, 3.05) is 19.0 Å². The van der Waals surface area contributed by atoms with Crippen LogP contribution in [-0.4, -0.2) is 29.7 Å². The Kier molecular flexibility index (Phi) is 5.09. The number of carbonyl (C=O) groups is 1. The summed E-state index contributed by atoms with van der Waals surface area (Å²) in [7, 11) is 1.35. The molecule has 21 heavy (non-hydrogen) atoms. The third kappa shape index (κ3) is 3.92. The molecule has 1 aromatic heterocycles. The van der Waals surface area contributed by atoms with Crippen molar-refractivity contribution in [2.24, 2.45) is 0 Å². The van der Waals surface area contributed by atoms with Crippen LogP contribution < -0.4 is 10.1 Å². The Labute approximate surface area is 123 Å². The molecule has 1 unspecified atom stereocenters. The van der Waals surface area contributed by atoms with Gasteiger partial charge in [0.1, 0.15) is 5.82 Å². The minimum atomic E-state index is -0.651. The topological polar surface area (TPSA) is 73.3 Å². The molecule has 1 aromatic carbocycles. The lowest BCUT2D eigenvalue weighted by Gasteiger charge is -2.17. The van der Waals surface area contributed by atoms with Crippen molar-refractivity contribution in [3.05, 3.63) is 48.3 Å². The van der Waals surface area contributed by atoms with E-state index in [1.165, 1.54) is 19.5 Å². The van der Waals surface area contributed by atoms with Crippen LogP contribution in [-0.2, 0) is 9.53 Å². The first-order valence-electron chi connectivity index (χ1n) is 6.58. The van der Waals surface area contributed by atoms with Gasteiger partial charge >= 0.3 is 5.97 Å². The van der Waals surface area contributed by atoms with Crippen LogP contribution in [0.4, 0.5) is 5.82 Å². The fourth-order valence-corrected chi connectivity index (χ4v) is 1.82. The van der Waals surface area contributed by atoms with Crippen LogP contribution in [0.3, 0.4) is 0 Å². The maximum atomic E-state index is 12.0. The molecule has 0 bridgehead atoms. The summed E-state index contributed by atoms with van der Waals surface area (Å²) in [5.74, 6) is 0.448. The SMILES string of the molecule is CCOc1cncc(NC(C(=O)OC)c2ccccc2)n1. The smallest absolute Gasteiger partial charge is 0.333 e. The zero-order valence-electron chi connectivity index (χ0n) is 11.9. The Morgan fingerprint density at radius 1 is 1.29 bits per heavy atom. The van der Waals surface area contributed by atoms with Gasteiger partial charge in [0.25, 0.3) is 0 Å². The van der Waals surface area contributed by atoms with Crippen LogP contribution in [0.25, 0.3) is 0 Å². The maximum absolute atomic E-state index is 12.0. The number of methoxy groups -OCH3 is 1. The fourth-order valence-electron chi connectivity index (χ4n) is 1.82. The normalized spacial score (nSPS) is 11.5. The molecule has 0 radical (unpaired) electrons. The van der Waals surface area contributed by atoms with E-state index in [4.69, 9.17) is 9.47 Å². The first-order chi connectivity index (χ1) is 10.2. The van der Waals surface area contributed by atoms with Gasteiger partial charge in [0.15, 0.2) is 6.04 Å². The van der Waals surface area contributed by atoms with E-state index in [1.54, 1.807) is 0 Å². The van der Waals surface area contributed by atoms with Gasteiger partial charge in [-0.2, -0.15) is 4.98 Å². The lowest BCUT2D eigenvalue weighted by atomic mass is 10.1. The van der Waals surface area contributed by atoms with Crippen LogP contribution in [0.2, 0.25) is 0 Å². The number of nitrogens with one attached hydrogen (secondary N) is 1. The molecule has 0 saturated heterocycles. The van der Waals surface area contributed by atoms with Crippen LogP contribution >= 0.6 is 0 Å². The van der Waals surface area contributed by atoms with Crippen molar-refractivity contribution in [2.45, 2.75) is 13.0 Å². The van der Waals surface area contributed by atoms with Gasteiger partial charge in [-0.1, -0.05) is 30.3 Å². The maximum Gasteiger partial charge on any atom is 0.333 e. The number of rotatable bonds is 6. The van der Waals surface area contributed by atoms with E-state index in [1.807, 2.05) is 37.3 Å². The molecule has 2 rings (SSSR count). The van der Waals surface area contributed by atoms with Crippen LogP contribution in [0.1, 0.15) is 18.5 Å². The monoisotopic (exact) mass is 287 g/mol. The molecule has 0 fully saturated rings. The molecular formula is C15H17N3O3. The molecule has 110 valence electrons. The Balaban J connectivity index is 2.23. The number of carbonyl (C=O) groups excluding carboxylic acids is 1. The average Bonchev–Trinajstić information content (AvgIpc) is 2.53. The van der Waals surface area contributed by atoms with Crippen LogP contribution in [0.15, 0.2) is 42.7 Å². The van der Waals surface area contributed by atoms with Crippen molar-refractivity contribution in [1.82, 2.24) is 9.97 Å². The molecule has 0 aliphatic rings. The van der Waals surface area contributed by atoms with E-state index in [2.05, 4.69) is 15.3 Å². The molecule has 1 atom stereocenters. The fraction of sp³-hybridized carbons (Fsp3) is 0.267. The van der Waals surface area contributed by atoms with E-state index < -0.39 is 12.0 Å². The van der Waals surface area contributed by atoms with E-state index in [0.29, 0.717) is 18.3 Å². The van der Waals surface area contributed by atoms with Crippen molar-refractivity contribution < 1.29 is 14.3 Å². The highest BCUT2D eigenvalue weighted by Crippen LogP contribution is 2.20. The van der Waals surface area contributed by atoms with Gasteiger partial charge in [0.05, 0.1) is 26.1 Å². The number of anilines is 1. The van der Waals surface area contributed by atoms with Crippen LogP contribution in [0, 0.1) is 0 Å². The highest BCUT2D eigenvalue weighted by molar-refractivity contribution is 5.80. The lowest BCUT2D eigenvalue weighted by Crippen LogP contribution is -2.23. The summed E-state index contributed by atoms with van der Waals surface area (Å²) in [6.07, 6.45) is 3.05. The molecule has 6 heteroatoms. The number of esters is 1. The first kappa shape index (κ1) is 14.8. The third-order valence-corrected chi connectivity index (χ3v) is 2.77. The van der Waals surface area contributed by atoms with Crippen molar-refractivity contribution >= 4 is 11.8 Å². The minimum absolute atomic E-state index is 0.398. The molecule has 2 aromatic rings. The zero-order valence-corrected chi connectivity index (χ0v) is 11.9. The molecule has 0 aliphatic heterocycles. The molecule has 0 spiro atoms. The second-order valence-corrected chi connectivity index (χ2v) is 4.19. The first-order valence-corrected chi connectivity index (χ1v) is 6.58. The lowest BCUT2D eigenvalue weighted by molar-refractivity contribution is -0.141. The number of hydrogen-bond donors (Lipinski definition) is 1. The Hall–Kier alpha value is -2.63. The molecule has 0 saturated carbocycles. The summed E-state index contributed by atoms with van der Waals surface area (Å²) in [4.78, 5) is 20.2.